The minimum absolute atomic E-state index is 0.104. The molecule has 0 saturated carbocycles. The number of benzene rings is 1. The highest BCUT2D eigenvalue weighted by Gasteiger charge is 2.21. The van der Waals surface area contributed by atoms with E-state index in [2.05, 4.69) is 10.3 Å². The Morgan fingerprint density at radius 2 is 1.83 bits per heavy atom. The van der Waals surface area contributed by atoms with Crippen LogP contribution in [-0.4, -0.2) is 36.4 Å². The number of carbonyl (C=O) groups excluding carboxylic acids is 1. The third-order valence-electron chi connectivity index (χ3n) is 3.62. The van der Waals surface area contributed by atoms with E-state index in [0.717, 1.165) is 32.9 Å². The van der Waals surface area contributed by atoms with E-state index >= 15 is 0 Å². The topological polar surface area (TPSA) is 79.4 Å². The molecule has 0 fully saturated rings. The number of hydrogen-bond acceptors (Lipinski definition) is 4. The summed E-state index contributed by atoms with van der Waals surface area (Å²) in [7, 11) is -3.53. The lowest BCUT2D eigenvalue weighted by atomic mass is 10.1. The molecule has 0 radical (unpaired) electrons. The number of sulfonamides is 1. The number of rotatable bonds is 6. The van der Waals surface area contributed by atoms with Crippen LogP contribution in [0.5, 0.6) is 0 Å². The third-order valence-corrected chi connectivity index (χ3v) is 4.81. The first-order valence-corrected chi connectivity index (χ1v) is 9.32. The molecule has 0 unspecified atom stereocenters. The summed E-state index contributed by atoms with van der Waals surface area (Å²) in [6.45, 7) is 3.65. The van der Waals surface area contributed by atoms with Gasteiger partial charge in [-0.25, -0.2) is 8.42 Å². The lowest BCUT2D eigenvalue weighted by molar-refractivity contribution is -0.116. The van der Waals surface area contributed by atoms with Crippen molar-refractivity contribution < 1.29 is 13.2 Å². The fourth-order valence-corrected chi connectivity index (χ4v) is 3.07. The van der Waals surface area contributed by atoms with Crippen LogP contribution in [0.25, 0.3) is 0 Å². The van der Waals surface area contributed by atoms with Gasteiger partial charge in [-0.3, -0.25) is 9.78 Å². The van der Waals surface area contributed by atoms with Crippen LogP contribution in [0.3, 0.4) is 0 Å². The molecule has 6 nitrogen and oxygen atoms in total. The van der Waals surface area contributed by atoms with Crippen molar-refractivity contribution >= 4 is 21.6 Å². The second-order valence-corrected chi connectivity index (χ2v) is 7.69. The van der Waals surface area contributed by atoms with Crippen LogP contribution < -0.4 is 5.32 Å². The standard InChI is InChI=1S/C17H21N3O3S/c1-13-6-4-7-14(2)17(13)19-16(21)12-20(24(3,22)23)11-15-8-5-9-18-10-15/h4-10H,11-12H2,1-3H3,(H,19,21). The smallest absolute Gasteiger partial charge is 0.239 e. The second-order valence-electron chi connectivity index (χ2n) is 5.71. The molecular weight excluding hydrogens is 326 g/mol. The van der Waals surface area contributed by atoms with Gasteiger partial charge in [0.25, 0.3) is 0 Å². The first kappa shape index (κ1) is 18.1. The van der Waals surface area contributed by atoms with Crippen LogP contribution in [0.4, 0.5) is 5.69 Å². The molecule has 24 heavy (non-hydrogen) atoms. The Morgan fingerprint density at radius 1 is 1.17 bits per heavy atom. The number of hydrogen-bond donors (Lipinski definition) is 1. The highest BCUT2D eigenvalue weighted by Crippen LogP contribution is 2.19. The van der Waals surface area contributed by atoms with E-state index in [1.165, 1.54) is 0 Å². The van der Waals surface area contributed by atoms with Gasteiger partial charge in [-0.15, -0.1) is 0 Å². The van der Waals surface area contributed by atoms with E-state index in [-0.39, 0.29) is 19.0 Å². The zero-order valence-electron chi connectivity index (χ0n) is 14.0. The van der Waals surface area contributed by atoms with Crippen molar-refractivity contribution in [2.24, 2.45) is 0 Å². The average Bonchev–Trinajstić information content (AvgIpc) is 2.50. The molecule has 2 aromatic rings. The fourth-order valence-electron chi connectivity index (χ4n) is 2.34. The summed E-state index contributed by atoms with van der Waals surface area (Å²) in [6, 6.07) is 9.20. The predicted octanol–water partition coefficient (Wildman–Crippen LogP) is 2.10. The van der Waals surface area contributed by atoms with Crippen molar-refractivity contribution in [2.45, 2.75) is 20.4 Å². The van der Waals surface area contributed by atoms with Gasteiger partial charge in [-0.1, -0.05) is 24.3 Å². The molecule has 128 valence electrons. The molecule has 1 amide bonds. The zero-order chi connectivity index (χ0) is 17.7. The minimum atomic E-state index is -3.53. The number of aromatic nitrogens is 1. The van der Waals surface area contributed by atoms with Crippen LogP contribution in [0.1, 0.15) is 16.7 Å². The number of nitrogens with one attached hydrogen (secondary N) is 1. The Kier molecular flexibility index (Phi) is 5.69. The Balaban J connectivity index is 2.13. The van der Waals surface area contributed by atoms with E-state index in [0.29, 0.717) is 0 Å². The normalized spacial score (nSPS) is 11.5. The third kappa shape index (κ3) is 4.87. The molecule has 1 heterocycles. The van der Waals surface area contributed by atoms with E-state index in [1.807, 2.05) is 32.0 Å². The zero-order valence-corrected chi connectivity index (χ0v) is 14.8. The number of pyridine rings is 1. The summed E-state index contributed by atoms with van der Waals surface area (Å²) in [4.78, 5) is 16.3. The van der Waals surface area contributed by atoms with Gasteiger partial charge in [0.05, 0.1) is 12.8 Å². The van der Waals surface area contributed by atoms with Crippen LogP contribution in [0.2, 0.25) is 0 Å². The summed E-state index contributed by atoms with van der Waals surface area (Å²) >= 11 is 0. The van der Waals surface area contributed by atoms with Gasteiger partial charge in [0, 0.05) is 24.6 Å². The molecular formula is C17H21N3O3S. The van der Waals surface area contributed by atoms with E-state index < -0.39 is 10.0 Å². The van der Waals surface area contributed by atoms with Crippen LogP contribution in [-0.2, 0) is 21.4 Å². The van der Waals surface area contributed by atoms with E-state index in [1.54, 1.807) is 24.5 Å². The summed E-state index contributed by atoms with van der Waals surface area (Å²) < 4.78 is 25.1. The molecule has 7 heteroatoms. The average molecular weight is 347 g/mol. The quantitative estimate of drug-likeness (QED) is 0.868. The Bertz CT molecular complexity index is 800. The lowest BCUT2D eigenvalue weighted by Crippen LogP contribution is -2.37. The van der Waals surface area contributed by atoms with Gasteiger partial charge >= 0.3 is 0 Å². The van der Waals surface area contributed by atoms with Gasteiger partial charge in [-0.2, -0.15) is 4.31 Å². The minimum Gasteiger partial charge on any atom is -0.324 e. The van der Waals surface area contributed by atoms with E-state index in [9.17, 15) is 13.2 Å². The number of para-hydroxylation sites is 1. The highest BCUT2D eigenvalue weighted by atomic mass is 32.2. The Hall–Kier alpha value is -2.25. The fraction of sp³-hybridized carbons (Fsp3) is 0.294. The molecule has 1 N–H and O–H groups in total. The SMILES string of the molecule is Cc1cccc(C)c1NC(=O)CN(Cc1cccnc1)S(C)(=O)=O. The highest BCUT2D eigenvalue weighted by molar-refractivity contribution is 7.88. The predicted molar refractivity (Wildman–Crippen MR) is 94.0 cm³/mol. The van der Waals surface area contributed by atoms with Crippen LogP contribution in [0, 0.1) is 13.8 Å². The molecule has 0 spiro atoms. The molecule has 0 atom stereocenters. The summed E-state index contributed by atoms with van der Waals surface area (Å²) in [6.07, 6.45) is 4.29. The van der Waals surface area contributed by atoms with Gasteiger partial charge < -0.3 is 5.32 Å². The maximum atomic E-state index is 12.3. The number of aryl methyl sites for hydroxylation is 2. The molecule has 1 aromatic carbocycles. The maximum absolute atomic E-state index is 12.3. The van der Waals surface area contributed by atoms with Crippen LogP contribution >= 0.6 is 0 Å². The van der Waals surface area contributed by atoms with E-state index in [4.69, 9.17) is 0 Å². The Labute approximate surface area is 142 Å². The molecule has 0 bridgehead atoms. The molecule has 0 aliphatic heterocycles. The largest absolute Gasteiger partial charge is 0.324 e. The van der Waals surface area contributed by atoms with Gasteiger partial charge in [0.2, 0.25) is 15.9 Å². The van der Waals surface area contributed by atoms with Crippen molar-refractivity contribution in [3.05, 3.63) is 59.4 Å². The molecule has 0 aliphatic carbocycles. The molecule has 2 rings (SSSR count). The number of carbonyl (C=O) groups is 1. The van der Waals surface area contributed by atoms with Crippen molar-refractivity contribution in [1.82, 2.24) is 9.29 Å². The maximum Gasteiger partial charge on any atom is 0.239 e. The van der Waals surface area contributed by atoms with Crippen molar-refractivity contribution in [3.63, 3.8) is 0 Å². The second kappa shape index (κ2) is 7.55. The number of anilines is 1. The first-order chi connectivity index (χ1) is 11.3. The monoisotopic (exact) mass is 347 g/mol. The summed E-state index contributed by atoms with van der Waals surface area (Å²) in [5.41, 5.74) is 3.31. The molecule has 1 aromatic heterocycles. The van der Waals surface area contributed by atoms with Gasteiger partial charge in [-0.05, 0) is 36.6 Å². The Morgan fingerprint density at radius 3 is 2.38 bits per heavy atom. The van der Waals surface area contributed by atoms with Gasteiger partial charge in [0.15, 0.2) is 0 Å². The van der Waals surface area contributed by atoms with Crippen molar-refractivity contribution in [1.29, 1.82) is 0 Å². The molecule has 0 saturated heterocycles. The lowest BCUT2D eigenvalue weighted by Gasteiger charge is -2.20. The van der Waals surface area contributed by atoms with Crippen LogP contribution in [0.15, 0.2) is 42.7 Å². The van der Waals surface area contributed by atoms with Crippen molar-refractivity contribution in [3.8, 4) is 0 Å². The summed E-state index contributed by atoms with van der Waals surface area (Å²) in [5, 5.41) is 2.81. The number of amides is 1. The first-order valence-electron chi connectivity index (χ1n) is 7.47. The van der Waals surface area contributed by atoms with Gasteiger partial charge in [0.1, 0.15) is 0 Å². The summed E-state index contributed by atoms with van der Waals surface area (Å²) in [5.74, 6) is -0.373. The van der Waals surface area contributed by atoms with Crippen molar-refractivity contribution in [2.75, 3.05) is 18.1 Å². The number of nitrogens with zero attached hydrogens (tertiary/aromatic N) is 2. The molecule has 0 aliphatic rings.